The van der Waals surface area contributed by atoms with Crippen LogP contribution in [0.5, 0.6) is 0 Å². The molecule has 1 aliphatic heterocycles. The summed E-state index contributed by atoms with van der Waals surface area (Å²) in [5, 5.41) is 14.3. The normalized spacial score (nSPS) is 15.9. The van der Waals surface area contributed by atoms with Crippen molar-refractivity contribution in [3.8, 4) is 11.3 Å². The molecular weight excluding hydrogens is 472 g/mol. The third-order valence-corrected chi connectivity index (χ3v) is 8.18. The van der Waals surface area contributed by atoms with Crippen molar-refractivity contribution in [3.63, 3.8) is 0 Å². The van der Waals surface area contributed by atoms with Crippen molar-refractivity contribution >= 4 is 32.3 Å². The van der Waals surface area contributed by atoms with Gasteiger partial charge in [-0.25, -0.2) is 13.1 Å². The van der Waals surface area contributed by atoms with Crippen LogP contribution >= 0.6 is 0 Å². The molecule has 0 saturated carbocycles. The van der Waals surface area contributed by atoms with Gasteiger partial charge in [0.15, 0.2) is 5.82 Å². The van der Waals surface area contributed by atoms with Crippen molar-refractivity contribution in [1.29, 1.82) is 0 Å². The van der Waals surface area contributed by atoms with E-state index < -0.39 is 10.0 Å². The maximum absolute atomic E-state index is 13.2. The highest BCUT2D eigenvalue weighted by Gasteiger charge is 2.23. The first kappa shape index (κ1) is 24.4. The van der Waals surface area contributed by atoms with E-state index in [9.17, 15) is 8.42 Å². The molecule has 7 nitrogen and oxygen atoms in total. The summed E-state index contributed by atoms with van der Waals surface area (Å²) >= 11 is 0. The number of hydrogen-bond donors (Lipinski definition) is 2. The minimum Gasteiger partial charge on any atom is -0.377 e. The molecule has 0 spiro atoms. The first-order valence-electron chi connectivity index (χ1n) is 12.1. The summed E-state index contributed by atoms with van der Waals surface area (Å²) in [4.78, 5) is 0.237. The highest BCUT2D eigenvalue weighted by molar-refractivity contribution is 7.89. The Labute approximate surface area is 212 Å². The summed E-state index contributed by atoms with van der Waals surface area (Å²) in [6.45, 7) is 6.85. The lowest BCUT2D eigenvalue weighted by atomic mass is 10.0. The summed E-state index contributed by atoms with van der Waals surface area (Å²) in [6, 6.07) is 19.5. The average Bonchev–Trinajstić information content (AvgIpc) is 3.40. The average molecular weight is 503 g/mol. The number of sulfonamides is 1. The van der Waals surface area contributed by atoms with Crippen molar-refractivity contribution in [2.75, 3.05) is 18.5 Å². The lowest BCUT2D eigenvalue weighted by molar-refractivity contribution is 0.114. The van der Waals surface area contributed by atoms with Gasteiger partial charge in [-0.3, -0.25) is 0 Å². The molecule has 1 saturated heterocycles. The quantitative estimate of drug-likeness (QED) is 0.350. The van der Waals surface area contributed by atoms with Crippen LogP contribution in [-0.4, -0.2) is 37.9 Å². The second-order valence-electron chi connectivity index (χ2n) is 9.35. The molecule has 1 aliphatic rings. The van der Waals surface area contributed by atoms with Crippen molar-refractivity contribution in [1.82, 2.24) is 14.9 Å². The number of benzene rings is 3. The molecule has 3 aromatic carbocycles. The predicted octanol–water partition coefficient (Wildman–Crippen LogP) is 5.42. The first-order chi connectivity index (χ1) is 17.3. The molecule has 2 heterocycles. The topological polar surface area (TPSA) is 93.2 Å². The van der Waals surface area contributed by atoms with Crippen LogP contribution in [-0.2, 0) is 14.8 Å². The van der Waals surface area contributed by atoms with Gasteiger partial charge in [0, 0.05) is 35.2 Å². The number of aryl methyl sites for hydroxylation is 3. The van der Waals surface area contributed by atoms with Gasteiger partial charge in [0.05, 0.1) is 11.0 Å². The minimum atomic E-state index is -3.71. The summed E-state index contributed by atoms with van der Waals surface area (Å²) in [7, 11) is -3.71. The van der Waals surface area contributed by atoms with Gasteiger partial charge in [-0.1, -0.05) is 48.5 Å². The van der Waals surface area contributed by atoms with E-state index in [1.54, 1.807) is 13.0 Å². The lowest BCUT2D eigenvalue weighted by Crippen LogP contribution is -2.32. The van der Waals surface area contributed by atoms with E-state index in [4.69, 9.17) is 4.74 Å². The highest BCUT2D eigenvalue weighted by Crippen LogP contribution is 2.33. The zero-order valence-corrected chi connectivity index (χ0v) is 21.5. The number of ether oxygens (including phenoxy) is 1. The van der Waals surface area contributed by atoms with Gasteiger partial charge in [0.25, 0.3) is 0 Å². The fourth-order valence-corrected chi connectivity index (χ4v) is 5.86. The van der Waals surface area contributed by atoms with Gasteiger partial charge in [-0.2, -0.15) is 0 Å². The van der Waals surface area contributed by atoms with Gasteiger partial charge in [0.2, 0.25) is 10.0 Å². The van der Waals surface area contributed by atoms with Crippen molar-refractivity contribution in [2.45, 2.75) is 44.6 Å². The SMILES string of the molecule is Cc1ccc(C)c(Nc2nnc(-c3ccc(C)c(S(=O)(=O)NC[C@H]4CCCO4)c3)c3ccccc23)c1. The van der Waals surface area contributed by atoms with E-state index in [-0.39, 0.29) is 17.5 Å². The van der Waals surface area contributed by atoms with Crippen LogP contribution < -0.4 is 10.0 Å². The molecule has 0 radical (unpaired) electrons. The molecule has 1 fully saturated rings. The van der Waals surface area contributed by atoms with Crippen LogP contribution in [0, 0.1) is 20.8 Å². The smallest absolute Gasteiger partial charge is 0.240 e. The molecule has 0 aliphatic carbocycles. The zero-order chi connectivity index (χ0) is 25.3. The molecule has 36 heavy (non-hydrogen) atoms. The first-order valence-corrected chi connectivity index (χ1v) is 13.6. The molecule has 0 amide bonds. The van der Waals surface area contributed by atoms with Crippen molar-refractivity contribution in [3.05, 3.63) is 77.4 Å². The van der Waals surface area contributed by atoms with E-state index in [1.807, 2.05) is 43.3 Å². The Bertz CT molecular complexity index is 1530. The monoisotopic (exact) mass is 502 g/mol. The fourth-order valence-electron chi connectivity index (χ4n) is 4.53. The number of aromatic nitrogens is 2. The Balaban J connectivity index is 1.52. The Morgan fingerprint density at radius 3 is 2.50 bits per heavy atom. The maximum atomic E-state index is 13.2. The molecule has 2 N–H and O–H groups in total. The number of rotatable bonds is 7. The Morgan fingerprint density at radius 1 is 0.944 bits per heavy atom. The van der Waals surface area contributed by atoms with Crippen molar-refractivity contribution in [2.24, 2.45) is 0 Å². The molecule has 1 atom stereocenters. The Kier molecular flexibility index (Phi) is 6.75. The molecule has 186 valence electrons. The highest BCUT2D eigenvalue weighted by atomic mass is 32.2. The lowest BCUT2D eigenvalue weighted by Gasteiger charge is -2.15. The zero-order valence-electron chi connectivity index (χ0n) is 20.7. The van der Waals surface area contributed by atoms with Crippen molar-refractivity contribution < 1.29 is 13.2 Å². The predicted molar refractivity (Wildman–Crippen MR) is 143 cm³/mol. The van der Waals surface area contributed by atoms with E-state index in [1.165, 1.54) is 0 Å². The van der Waals surface area contributed by atoms with Gasteiger partial charge < -0.3 is 10.1 Å². The van der Waals surface area contributed by atoms with Gasteiger partial charge in [-0.05, 0) is 62.4 Å². The number of hydrogen-bond acceptors (Lipinski definition) is 6. The third-order valence-electron chi connectivity index (χ3n) is 6.61. The van der Waals surface area contributed by atoms with Gasteiger partial charge in [0.1, 0.15) is 5.69 Å². The minimum absolute atomic E-state index is 0.0739. The number of anilines is 2. The van der Waals surface area contributed by atoms with Crippen LogP contribution in [0.3, 0.4) is 0 Å². The van der Waals surface area contributed by atoms with Gasteiger partial charge >= 0.3 is 0 Å². The molecule has 1 aromatic heterocycles. The van der Waals surface area contributed by atoms with E-state index >= 15 is 0 Å². The fraction of sp³-hybridized carbons (Fsp3) is 0.286. The molecule has 8 heteroatoms. The Morgan fingerprint density at radius 2 is 1.72 bits per heavy atom. The largest absolute Gasteiger partial charge is 0.377 e. The Hall–Kier alpha value is -3.33. The number of fused-ring (bicyclic) bond motifs is 1. The molecule has 4 aromatic rings. The summed E-state index contributed by atoms with van der Waals surface area (Å²) in [5.41, 5.74) is 5.23. The second kappa shape index (κ2) is 9.97. The summed E-state index contributed by atoms with van der Waals surface area (Å²) < 4.78 is 34.6. The third kappa shape index (κ3) is 4.97. The van der Waals surface area contributed by atoms with Crippen LogP contribution in [0.2, 0.25) is 0 Å². The molecule has 0 unspecified atom stereocenters. The maximum Gasteiger partial charge on any atom is 0.240 e. The van der Waals surface area contributed by atoms with Crippen LogP contribution in [0.4, 0.5) is 11.5 Å². The molecule has 0 bridgehead atoms. The van der Waals surface area contributed by atoms with Crippen LogP contribution in [0.25, 0.3) is 22.0 Å². The van der Waals surface area contributed by atoms with Gasteiger partial charge in [-0.15, -0.1) is 10.2 Å². The summed E-state index contributed by atoms with van der Waals surface area (Å²) in [6.07, 6.45) is 1.75. The van der Waals surface area contributed by atoms with E-state index in [2.05, 4.69) is 45.4 Å². The standard InChI is InChI=1S/C28H30N4O3S/c1-18-10-11-19(2)25(15-18)30-28-24-9-5-4-8-23(24)27(31-32-28)21-13-12-20(3)26(16-21)36(33,34)29-17-22-7-6-14-35-22/h4-5,8-13,15-16,22,29H,6-7,14,17H2,1-3H3,(H,30,32)/t22-/m1/s1. The second-order valence-corrected chi connectivity index (χ2v) is 11.1. The summed E-state index contributed by atoms with van der Waals surface area (Å²) in [5.74, 6) is 0.654. The van der Waals surface area contributed by atoms with Crippen LogP contribution in [0.1, 0.15) is 29.5 Å². The van der Waals surface area contributed by atoms with Crippen LogP contribution in [0.15, 0.2) is 65.6 Å². The van der Waals surface area contributed by atoms with E-state index in [0.717, 1.165) is 40.4 Å². The molecule has 5 rings (SSSR count). The number of nitrogens with zero attached hydrogens (tertiary/aromatic N) is 2. The number of nitrogens with one attached hydrogen (secondary N) is 2. The van der Waals surface area contributed by atoms with E-state index in [0.29, 0.717) is 29.2 Å². The molecular formula is C28H30N4O3S.